The summed E-state index contributed by atoms with van der Waals surface area (Å²) < 4.78 is 16.0. The molecule has 1 rings (SSSR count). The van der Waals surface area contributed by atoms with Gasteiger partial charge in [0.05, 0.1) is 21.3 Å². The van der Waals surface area contributed by atoms with Gasteiger partial charge in [0.2, 0.25) is 5.75 Å². The highest BCUT2D eigenvalue weighted by Crippen LogP contribution is 2.38. The molecule has 108 valence electrons. The van der Waals surface area contributed by atoms with Crippen molar-refractivity contribution in [2.24, 2.45) is 5.73 Å². The summed E-state index contributed by atoms with van der Waals surface area (Å²) >= 11 is 0. The second kappa shape index (κ2) is 6.66. The molecule has 4 nitrogen and oxygen atoms in total. The number of hydrogen-bond donors (Lipinski definition) is 1. The maximum Gasteiger partial charge on any atom is 0.203 e. The van der Waals surface area contributed by atoms with Gasteiger partial charge in [-0.2, -0.15) is 0 Å². The summed E-state index contributed by atoms with van der Waals surface area (Å²) in [5, 5.41) is 0. The maximum absolute atomic E-state index is 5.99. The number of benzene rings is 1. The topological polar surface area (TPSA) is 53.7 Å². The third-order valence-corrected chi connectivity index (χ3v) is 3.01. The van der Waals surface area contributed by atoms with Gasteiger partial charge < -0.3 is 19.9 Å². The molecule has 4 heteroatoms. The van der Waals surface area contributed by atoms with Crippen molar-refractivity contribution in [2.45, 2.75) is 38.6 Å². The highest BCUT2D eigenvalue weighted by molar-refractivity contribution is 5.53. The van der Waals surface area contributed by atoms with Crippen LogP contribution in [-0.4, -0.2) is 26.9 Å². The van der Waals surface area contributed by atoms with E-state index in [9.17, 15) is 0 Å². The Morgan fingerprint density at radius 1 is 1.00 bits per heavy atom. The molecule has 0 spiro atoms. The zero-order valence-corrected chi connectivity index (χ0v) is 12.6. The van der Waals surface area contributed by atoms with Crippen LogP contribution in [-0.2, 0) is 6.42 Å². The van der Waals surface area contributed by atoms with E-state index in [2.05, 4.69) is 0 Å². The molecular weight excluding hydrogens is 242 g/mol. The Hall–Kier alpha value is -1.42. The summed E-state index contributed by atoms with van der Waals surface area (Å²) in [7, 11) is 4.87. The van der Waals surface area contributed by atoms with Gasteiger partial charge >= 0.3 is 0 Å². The molecule has 0 bridgehead atoms. The molecule has 0 aromatic heterocycles. The van der Waals surface area contributed by atoms with Crippen molar-refractivity contribution >= 4 is 0 Å². The summed E-state index contributed by atoms with van der Waals surface area (Å²) in [6, 6.07) is 3.98. The molecule has 1 aromatic rings. The van der Waals surface area contributed by atoms with Gasteiger partial charge in [0.15, 0.2) is 11.5 Å². The van der Waals surface area contributed by atoms with Crippen LogP contribution in [0.4, 0.5) is 0 Å². The molecule has 0 aliphatic heterocycles. The van der Waals surface area contributed by atoms with E-state index in [1.165, 1.54) is 5.56 Å². The third kappa shape index (κ3) is 4.63. The first-order chi connectivity index (χ1) is 8.91. The Morgan fingerprint density at radius 2 is 1.53 bits per heavy atom. The summed E-state index contributed by atoms with van der Waals surface area (Å²) in [4.78, 5) is 0. The SMILES string of the molecule is COc1cc(CCCC(C)(C)N)cc(OC)c1OC. The van der Waals surface area contributed by atoms with Crippen LogP contribution >= 0.6 is 0 Å². The predicted octanol–water partition coefficient (Wildman–Crippen LogP) is 2.77. The van der Waals surface area contributed by atoms with Gasteiger partial charge in [0, 0.05) is 5.54 Å². The van der Waals surface area contributed by atoms with Gasteiger partial charge in [-0.1, -0.05) is 0 Å². The summed E-state index contributed by atoms with van der Waals surface area (Å²) in [5.41, 5.74) is 7.03. The number of rotatable bonds is 7. The lowest BCUT2D eigenvalue weighted by Crippen LogP contribution is -2.31. The summed E-state index contributed by atoms with van der Waals surface area (Å²) in [6.07, 6.45) is 2.95. The fraction of sp³-hybridized carbons (Fsp3) is 0.600. The largest absolute Gasteiger partial charge is 0.493 e. The minimum atomic E-state index is -0.124. The zero-order chi connectivity index (χ0) is 14.5. The highest BCUT2D eigenvalue weighted by Gasteiger charge is 2.14. The Balaban J connectivity index is 2.85. The molecule has 0 saturated heterocycles. The van der Waals surface area contributed by atoms with Crippen molar-refractivity contribution in [2.75, 3.05) is 21.3 Å². The minimum Gasteiger partial charge on any atom is -0.493 e. The monoisotopic (exact) mass is 267 g/mol. The lowest BCUT2D eigenvalue weighted by atomic mass is 9.96. The number of hydrogen-bond acceptors (Lipinski definition) is 4. The second-order valence-corrected chi connectivity index (χ2v) is 5.38. The van der Waals surface area contributed by atoms with Crippen molar-refractivity contribution in [3.8, 4) is 17.2 Å². The van der Waals surface area contributed by atoms with Crippen LogP contribution in [0.5, 0.6) is 17.2 Å². The van der Waals surface area contributed by atoms with Crippen molar-refractivity contribution in [1.82, 2.24) is 0 Å². The van der Waals surface area contributed by atoms with E-state index in [4.69, 9.17) is 19.9 Å². The fourth-order valence-corrected chi connectivity index (χ4v) is 2.03. The zero-order valence-electron chi connectivity index (χ0n) is 12.6. The van der Waals surface area contributed by atoms with E-state index in [1.54, 1.807) is 21.3 Å². The average Bonchev–Trinajstić information content (AvgIpc) is 2.35. The van der Waals surface area contributed by atoms with Crippen LogP contribution in [0.2, 0.25) is 0 Å². The van der Waals surface area contributed by atoms with Gasteiger partial charge in [-0.15, -0.1) is 0 Å². The van der Waals surface area contributed by atoms with E-state index in [1.807, 2.05) is 26.0 Å². The molecule has 2 N–H and O–H groups in total. The molecule has 0 aliphatic carbocycles. The first-order valence-corrected chi connectivity index (χ1v) is 6.49. The highest BCUT2D eigenvalue weighted by atomic mass is 16.5. The molecule has 0 heterocycles. The lowest BCUT2D eigenvalue weighted by Gasteiger charge is -2.18. The molecule has 0 atom stereocenters. The van der Waals surface area contributed by atoms with Crippen LogP contribution in [0.1, 0.15) is 32.3 Å². The van der Waals surface area contributed by atoms with E-state index in [-0.39, 0.29) is 5.54 Å². The number of methoxy groups -OCH3 is 3. The van der Waals surface area contributed by atoms with E-state index >= 15 is 0 Å². The molecule has 0 radical (unpaired) electrons. The Labute approximate surface area is 115 Å². The van der Waals surface area contributed by atoms with Gasteiger partial charge in [-0.25, -0.2) is 0 Å². The van der Waals surface area contributed by atoms with E-state index in [0.29, 0.717) is 17.2 Å². The van der Waals surface area contributed by atoms with Crippen LogP contribution in [0, 0.1) is 0 Å². The van der Waals surface area contributed by atoms with Gasteiger partial charge in [-0.05, 0) is 50.8 Å². The van der Waals surface area contributed by atoms with Crippen LogP contribution in [0.25, 0.3) is 0 Å². The first-order valence-electron chi connectivity index (χ1n) is 6.49. The average molecular weight is 267 g/mol. The number of ether oxygens (including phenoxy) is 3. The molecular formula is C15H25NO3. The van der Waals surface area contributed by atoms with Gasteiger partial charge in [-0.3, -0.25) is 0 Å². The summed E-state index contributed by atoms with van der Waals surface area (Å²) in [6.45, 7) is 4.09. The van der Waals surface area contributed by atoms with E-state index < -0.39 is 0 Å². The van der Waals surface area contributed by atoms with Crippen molar-refractivity contribution in [3.63, 3.8) is 0 Å². The predicted molar refractivity (Wildman–Crippen MR) is 77.3 cm³/mol. The van der Waals surface area contributed by atoms with Gasteiger partial charge in [0.25, 0.3) is 0 Å². The number of nitrogens with two attached hydrogens (primary N) is 1. The molecule has 0 unspecified atom stereocenters. The smallest absolute Gasteiger partial charge is 0.203 e. The van der Waals surface area contributed by atoms with E-state index in [0.717, 1.165) is 19.3 Å². The van der Waals surface area contributed by atoms with Crippen molar-refractivity contribution in [1.29, 1.82) is 0 Å². The fourth-order valence-electron chi connectivity index (χ4n) is 2.03. The molecule has 19 heavy (non-hydrogen) atoms. The molecule has 1 aromatic carbocycles. The third-order valence-electron chi connectivity index (χ3n) is 3.01. The Kier molecular flexibility index (Phi) is 5.48. The normalized spacial score (nSPS) is 11.3. The van der Waals surface area contributed by atoms with Crippen molar-refractivity contribution in [3.05, 3.63) is 17.7 Å². The van der Waals surface area contributed by atoms with Crippen molar-refractivity contribution < 1.29 is 14.2 Å². The Bertz CT molecular complexity index is 385. The minimum absolute atomic E-state index is 0.124. The quantitative estimate of drug-likeness (QED) is 0.825. The van der Waals surface area contributed by atoms with Crippen LogP contribution in [0.3, 0.4) is 0 Å². The number of aryl methyl sites for hydroxylation is 1. The maximum atomic E-state index is 5.99. The molecule has 0 fully saturated rings. The Morgan fingerprint density at radius 3 is 1.89 bits per heavy atom. The molecule has 0 aliphatic rings. The summed E-state index contributed by atoms with van der Waals surface area (Å²) in [5.74, 6) is 2.03. The van der Waals surface area contributed by atoms with Crippen LogP contribution < -0.4 is 19.9 Å². The molecule has 0 saturated carbocycles. The first kappa shape index (κ1) is 15.6. The molecule has 0 amide bonds. The second-order valence-electron chi connectivity index (χ2n) is 5.38. The standard InChI is InChI=1S/C15H25NO3/c1-15(2,16)8-6-7-11-9-12(17-3)14(19-5)13(10-11)18-4/h9-10H,6-8,16H2,1-5H3. The van der Waals surface area contributed by atoms with Crippen LogP contribution in [0.15, 0.2) is 12.1 Å². The lowest BCUT2D eigenvalue weighted by molar-refractivity contribution is 0.323. The van der Waals surface area contributed by atoms with Gasteiger partial charge in [0.1, 0.15) is 0 Å².